The highest BCUT2D eigenvalue weighted by molar-refractivity contribution is 6.01. The second-order valence-corrected chi connectivity index (χ2v) is 4.21. The smallest absolute Gasteiger partial charge is 0.261 e. The van der Waals surface area contributed by atoms with Crippen LogP contribution < -0.4 is 10.1 Å². The van der Waals surface area contributed by atoms with E-state index in [1.165, 1.54) is 19.3 Å². The molecule has 0 spiro atoms. The number of benzene rings is 1. The van der Waals surface area contributed by atoms with Gasteiger partial charge in [-0.1, -0.05) is 19.4 Å². The standard InChI is InChI=1S/C15H18N2O3/c1-3-4-7-17-15(19)12(10-16)8-11-5-6-14(20-2)13(18)9-11/h5-6,8-9,18H,3-4,7H2,1-2H3,(H,17,19)/b12-8-. The van der Waals surface area contributed by atoms with E-state index in [1.807, 2.05) is 13.0 Å². The van der Waals surface area contributed by atoms with Gasteiger partial charge in [0.2, 0.25) is 0 Å². The van der Waals surface area contributed by atoms with E-state index in [4.69, 9.17) is 10.00 Å². The molecule has 0 unspecified atom stereocenters. The Labute approximate surface area is 118 Å². The molecular formula is C15H18N2O3. The normalized spacial score (nSPS) is 10.8. The predicted molar refractivity (Wildman–Crippen MR) is 76.2 cm³/mol. The Kier molecular flexibility index (Phi) is 6.11. The highest BCUT2D eigenvalue weighted by atomic mass is 16.5. The van der Waals surface area contributed by atoms with Gasteiger partial charge in [0.25, 0.3) is 5.91 Å². The molecule has 1 amide bonds. The Morgan fingerprint density at radius 1 is 1.55 bits per heavy atom. The zero-order valence-corrected chi connectivity index (χ0v) is 11.6. The van der Waals surface area contributed by atoms with Gasteiger partial charge in [0, 0.05) is 6.54 Å². The van der Waals surface area contributed by atoms with Crippen LogP contribution in [0.2, 0.25) is 0 Å². The van der Waals surface area contributed by atoms with E-state index >= 15 is 0 Å². The Morgan fingerprint density at radius 2 is 2.30 bits per heavy atom. The number of nitrogens with one attached hydrogen (secondary N) is 1. The first-order chi connectivity index (χ1) is 9.62. The number of phenolic OH excluding ortho intramolecular Hbond substituents is 1. The van der Waals surface area contributed by atoms with Crippen molar-refractivity contribution in [1.82, 2.24) is 5.32 Å². The molecule has 0 aliphatic carbocycles. The lowest BCUT2D eigenvalue weighted by Crippen LogP contribution is -2.25. The highest BCUT2D eigenvalue weighted by Crippen LogP contribution is 2.27. The van der Waals surface area contributed by atoms with Crippen molar-refractivity contribution in [3.63, 3.8) is 0 Å². The quantitative estimate of drug-likeness (QED) is 0.473. The summed E-state index contributed by atoms with van der Waals surface area (Å²) in [5, 5.41) is 21.3. The Hall–Kier alpha value is -2.48. The van der Waals surface area contributed by atoms with E-state index in [0.29, 0.717) is 17.9 Å². The second kappa shape index (κ2) is 7.85. The highest BCUT2D eigenvalue weighted by Gasteiger charge is 2.09. The summed E-state index contributed by atoms with van der Waals surface area (Å²) in [6.07, 6.45) is 3.27. The Morgan fingerprint density at radius 3 is 2.85 bits per heavy atom. The first kappa shape index (κ1) is 15.6. The van der Waals surface area contributed by atoms with Gasteiger partial charge in [0.15, 0.2) is 11.5 Å². The van der Waals surface area contributed by atoms with Crippen molar-refractivity contribution in [3.8, 4) is 17.6 Å². The number of aromatic hydroxyl groups is 1. The van der Waals surface area contributed by atoms with Crippen LogP contribution in [0, 0.1) is 11.3 Å². The fourth-order valence-electron chi connectivity index (χ4n) is 1.59. The lowest BCUT2D eigenvalue weighted by Gasteiger charge is -2.05. The summed E-state index contributed by atoms with van der Waals surface area (Å²) in [6, 6.07) is 6.54. The van der Waals surface area contributed by atoms with E-state index in [-0.39, 0.29) is 11.3 Å². The molecule has 106 valence electrons. The number of amides is 1. The molecule has 1 aromatic rings. The summed E-state index contributed by atoms with van der Waals surface area (Å²) in [5.74, 6) is -0.103. The first-order valence-corrected chi connectivity index (χ1v) is 6.39. The minimum absolute atomic E-state index is 0.00525. The maximum absolute atomic E-state index is 11.8. The predicted octanol–water partition coefficient (Wildman–Crippen LogP) is 2.22. The van der Waals surface area contributed by atoms with Crippen LogP contribution in [0.3, 0.4) is 0 Å². The van der Waals surface area contributed by atoms with Crippen molar-refractivity contribution < 1.29 is 14.6 Å². The average Bonchev–Trinajstić information content (AvgIpc) is 2.45. The summed E-state index contributed by atoms with van der Waals surface area (Å²) in [6.45, 7) is 2.57. The van der Waals surface area contributed by atoms with Gasteiger partial charge >= 0.3 is 0 Å². The molecule has 2 N–H and O–H groups in total. The number of phenols is 1. The zero-order chi connectivity index (χ0) is 15.0. The minimum Gasteiger partial charge on any atom is -0.504 e. The van der Waals surface area contributed by atoms with Crippen LogP contribution >= 0.6 is 0 Å². The Balaban J connectivity index is 2.86. The van der Waals surface area contributed by atoms with E-state index < -0.39 is 5.91 Å². The molecule has 0 saturated carbocycles. The van der Waals surface area contributed by atoms with Crippen LogP contribution in [0.1, 0.15) is 25.3 Å². The molecular weight excluding hydrogens is 256 g/mol. The number of hydrogen-bond donors (Lipinski definition) is 2. The molecule has 1 aromatic carbocycles. The fraction of sp³-hybridized carbons (Fsp3) is 0.333. The molecule has 0 aliphatic heterocycles. The van der Waals surface area contributed by atoms with Crippen molar-refractivity contribution in [1.29, 1.82) is 5.26 Å². The maximum atomic E-state index is 11.8. The molecule has 0 aliphatic rings. The van der Waals surface area contributed by atoms with Crippen LogP contribution in [0.25, 0.3) is 6.08 Å². The van der Waals surface area contributed by atoms with E-state index in [2.05, 4.69) is 5.32 Å². The van der Waals surface area contributed by atoms with Gasteiger partial charge in [0.1, 0.15) is 11.6 Å². The number of nitriles is 1. The van der Waals surface area contributed by atoms with Gasteiger partial charge in [-0.25, -0.2) is 0 Å². The third-order valence-electron chi connectivity index (χ3n) is 2.69. The van der Waals surface area contributed by atoms with Crippen molar-refractivity contribution in [2.24, 2.45) is 0 Å². The van der Waals surface area contributed by atoms with E-state index in [9.17, 15) is 9.90 Å². The molecule has 5 nitrogen and oxygen atoms in total. The number of hydrogen-bond acceptors (Lipinski definition) is 4. The van der Waals surface area contributed by atoms with Crippen LogP contribution in [-0.2, 0) is 4.79 Å². The van der Waals surface area contributed by atoms with Crippen molar-refractivity contribution in [3.05, 3.63) is 29.3 Å². The molecule has 0 saturated heterocycles. The SMILES string of the molecule is CCCCNC(=O)/C(C#N)=C\c1ccc(OC)c(O)c1. The van der Waals surface area contributed by atoms with Crippen molar-refractivity contribution >= 4 is 12.0 Å². The van der Waals surface area contributed by atoms with Crippen LogP contribution in [-0.4, -0.2) is 24.7 Å². The number of carbonyl (C=O) groups is 1. The first-order valence-electron chi connectivity index (χ1n) is 6.39. The zero-order valence-electron chi connectivity index (χ0n) is 11.6. The van der Waals surface area contributed by atoms with Crippen LogP contribution in [0.5, 0.6) is 11.5 Å². The molecule has 0 heterocycles. The van der Waals surface area contributed by atoms with E-state index in [0.717, 1.165) is 12.8 Å². The summed E-state index contributed by atoms with van der Waals surface area (Å²) in [4.78, 5) is 11.8. The number of unbranched alkanes of at least 4 members (excludes halogenated alkanes) is 1. The molecule has 0 radical (unpaired) electrons. The van der Waals surface area contributed by atoms with Gasteiger partial charge in [0.05, 0.1) is 7.11 Å². The van der Waals surface area contributed by atoms with Crippen molar-refractivity contribution in [2.45, 2.75) is 19.8 Å². The number of ether oxygens (including phenoxy) is 1. The van der Waals surface area contributed by atoms with Crippen LogP contribution in [0.4, 0.5) is 0 Å². The summed E-state index contributed by atoms with van der Waals surface area (Å²) >= 11 is 0. The fourth-order valence-corrected chi connectivity index (χ4v) is 1.59. The van der Waals surface area contributed by atoms with E-state index in [1.54, 1.807) is 12.1 Å². The Bertz CT molecular complexity index is 545. The molecule has 0 aromatic heterocycles. The lowest BCUT2D eigenvalue weighted by atomic mass is 10.1. The number of carbonyl (C=O) groups excluding carboxylic acids is 1. The third kappa shape index (κ3) is 4.32. The lowest BCUT2D eigenvalue weighted by molar-refractivity contribution is -0.117. The number of methoxy groups -OCH3 is 1. The third-order valence-corrected chi connectivity index (χ3v) is 2.69. The molecule has 0 fully saturated rings. The topological polar surface area (TPSA) is 82.4 Å². The summed E-state index contributed by atoms with van der Waals surface area (Å²) < 4.78 is 4.93. The largest absolute Gasteiger partial charge is 0.504 e. The number of rotatable bonds is 6. The molecule has 1 rings (SSSR count). The average molecular weight is 274 g/mol. The summed E-state index contributed by atoms with van der Waals surface area (Å²) in [7, 11) is 1.45. The van der Waals surface area contributed by atoms with Gasteiger partial charge in [-0.3, -0.25) is 4.79 Å². The van der Waals surface area contributed by atoms with Gasteiger partial charge in [-0.2, -0.15) is 5.26 Å². The molecule has 0 bridgehead atoms. The second-order valence-electron chi connectivity index (χ2n) is 4.21. The molecule has 5 heteroatoms. The van der Waals surface area contributed by atoms with Crippen molar-refractivity contribution in [2.75, 3.05) is 13.7 Å². The maximum Gasteiger partial charge on any atom is 0.261 e. The van der Waals surface area contributed by atoms with Gasteiger partial charge < -0.3 is 15.2 Å². The van der Waals surface area contributed by atoms with Gasteiger partial charge in [-0.15, -0.1) is 0 Å². The van der Waals surface area contributed by atoms with Crippen LogP contribution in [0.15, 0.2) is 23.8 Å². The summed E-state index contributed by atoms with van der Waals surface area (Å²) in [5.41, 5.74) is 0.566. The molecule has 20 heavy (non-hydrogen) atoms. The minimum atomic E-state index is -0.406. The monoisotopic (exact) mass is 274 g/mol. The molecule has 0 atom stereocenters. The number of nitrogens with zero attached hydrogens (tertiary/aromatic N) is 1. The van der Waals surface area contributed by atoms with Gasteiger partial charge in [-0.05, 0) is 30.2 Å².